The summed E-state index contributed by atoms with van der Waals surface area (Å²) < 4.78 is 18.7. The molecule has 128 valence electrons. The van der Waals surface area contributed by atoms with Crippen LogP contribution in [0.5, 0.6) is 0 Å². The van der Waals surface area contributed by atoms with Crippen LogP contribution in [0.2, 0.25) is 0 Å². The lowest BCUT2D eigenvalue weighted by Crippen LogP contribution is -2.49. The van der Waals surface area contributed by atoms with Crippen LogP contribution in [-0.2, 0) is 16.0 Å². The average molecular weight is 322 g/mol. The first-order valence-electron chi connectivity index (χ1n) is 8.15. The SMILES string of the molecule is CC(C)(C)OC(=O)CN1CC(N)CC(Cc2cccc(F)c2)C1. The van der Waals surface area contributed by atoms with Crippen LogP contribution >= 0.6 is 0 Å². The molecule has 0 bridgehead atoms. The molecule has 0 radical (unpaired) electrons. The van der Waals surface area contributed by atoms with Gasteiger partial charge in [0.1, 0.15) is 11.4 Å². The molecule has 1 heterocycles. The predicted octanol–water partition coefficient (Wildman–Crippen LogP) is 2.36. The monoisotopic (exact) mass is 322 g/mol. The van der Waals surface area contributed by atoms with Gasteiger partial charge < -0.3 is 10.5 Å². The molecule has 2 atom stereocenters. The molecule has 5 heteroatoms. The minimum Gasteiger partial charge on any atom is -0.459 e. The van der Waals surface area contributed by atoms with Crippen LogP contribution in [0.1, 0.15) is 32.8 Å². The maximum absolute atomic E-state index is 13.3. The summed E-state index contributed by atoms with van der Waals surface area (Å²) >= 11 is 0. The van der Waals surface area contributed by atoms with E-state index >= 15 is 0 Å². The van der Waals surface area contributed by atoms with Crippen LogP contribution in [0.3, 0.4) is 0 Å². The highest BCUT2D eigenvalue weighted by molar-refractivity contribution is 5.72. The Morgan fingerprint density at radius 2 is 2.13 bits per heavy atom. The van der Waals surface area contributed by atoms with E-state index in [1.54, 1.807) is 12.1 Å². The third-order valence-electron chi connectivity index (χ3n) is 3.83. The summed E-state index contributed by atoms with van der Waals surface area (Å²) in [6.45, 7) is 7.31. The van der Waals surface area contributed by atoms with Gasteiger partial charge in [-0.15, -0.1) is 0 Å². The van der Waals surface area contributed by atoms with Gasteiger partial charge in [0.15, 0.2) is 0 Å². The van der Waals surface area contributed by atoms with Crippen molar-refractivity contribution in [1.29, 1.82) is 0 Å². The summed E-state index contributed by atoms with van der Waals surface area (Å²) in [5, 5.41) is 0. The molecule has 1 fully saturated rings. The van der Waals surface area contributed by atoms with Crippen molar-refractivity contribution < 1.29 is 13.9 Å². The fourth-order valence-corrected chi connectivity index (χ4v) is 3.18. The van der Waals surface area contributed by atoms with E-state index in [-0.39, 0.29) is 24.4 Å². The fourth-order valence-electron chi connectivity index (χ4n) is 3.18. The van der Waals surface area contributed by atoms with Gasteiger partial charge in [0.2, 0.25) is 0 Å². The van der Waals surface area contributed by atoms with Crippen LogP contribution in [-0.4, -0.2) is 42.1 Å². The second-order valence-corrected chi connectivity index (χ2v) is 7.48. The predicted molar refractivity (Wildman–Crippen MR) is 88.5 cm³/mol. The zero-order valence-electron chi connectivity index (χ0n) is 14.2. The highest BCUT2D eigenvalue weighted by atomic mass is 19.1. The van der Waals surface area contributed by atoms with E-state index in [0.29, 0.717) is 12.5 Å². The summed E-state index contributed by atoms with van der Waals surface area (Å²) in [5.74, 6) is -0.118. The first-order valence-corrected chi connectivity index (χ1v) is 8.15. The van der Waals surface area contributed by atoms with Crippen LogP contribution in [0.4, 0.5) is 4.39 Å². The van der Waals surface area contributed by atoms with Gasteiger partial charge in [-0.3, -0.25) is 9.69 Å². The van der Waals surface area contributed by atoms with E-state index in [0.717, 1.165) is 24.9 Å². The van der Waals surface area contributed by atoms with Gasteiger partial charge in [0, 0.05) is 19.1 Å². The van der Waals surface area contributed by atoms with Crippen LogP contribution < -0.4 is 5.73 Å². The Bertz CT molecular complexity index is 542. The molecule has 1 aliphatic heterocycles. The lowest BCUT2D eigenvalue weighted by Gasteiger charge is -2.36. The molecule has 2 rings (SSSR count). The Morgan fingerprint density at radius 3 is 2.78 bits per heavy atom. The molecule has 1 aliphatic rings. The van der Waals surface area contributed by atoms with Gasteiger partial charge >= 0.3 is 5.97 Å². The Morgan fingerprint density at radius 1 is 1.39 bits per heavy atom. The minimum absolute atomic E-state index is 0.0322. The van der Waals surface area contributed by atoms with Crippen molar-refractivity contribution in [3.63, 3.8) is 0 Å². The van der Waals surface area contributed by atoms with Gasteiger partial charge in [-0.05, 0) is 57.2 Å². The third-order valence-corrected chi connectivity index (χ3v) is 3.83. The molecule has 1 aromatic rings. The standard InChI is InChI=1S/C18H27FN2O2/c1-18(2,3)23-17(22)12-21-10-14(9-16(20)11-21)7-13-5-4-6-15(19)8-13/h4-6,8,14,16H,7,9-12,20H2,1-3H3. The van der Waals surface area contributed by atoms with Gasteiger partial charge in [0.25, 0.3) is 0 Å². The van der Waals surface area contributed by atoms with Crippen LogP contribution in [0.15, 0.2) is 24.3 Å². The number of hydrogen-bond donors (Lipinski definition) is 1. The molecule has 0 aliphatic carbocycles. The molecule has 0 amide bonds. The highest BCUT2D eigenvalue weighted by Gasteiger charge is 2.28. The van der Waals surface area contributed by atoms with Crippen molar-refractivity contribution in [1.82, 2.24) is 4.90 Å². The Kier molecular flexibility index (Phi) is 5.76. The molecule has 2 unspecified atom stereocenters. The van der Waals surface area contributed by atoms with Crippen LogP contribution in [0, 0.1) is 11.7 Å². The number of rotatable bonds is 4. The van der Waals surface area contributed by atoms with Crippen molar-refractivity contribution in [2.45, 2.75) is 45.3 Å². The largest absolute Gasteiger partial charge is 0.459 e. The smallest absolute Gasteiger partial charge is 0.320 e. The Balaban J connectivity index is 1.92. The number of hydrogen-bond acceptors (Lipinski definition) is 4. The molecule has 2 N–H and O–H groups in total. The van der Waals surface area contributed by atoms with Crippen molar-refractivity contribution >= 4 is 5.97 Å². The first kappa shape index (κ1) is 17.9. The van der Waals surface area contributed by atoms with E-state index in [2.05, 4.69) is 0 Å². The zero-order chi connectivity index (χ0) is 17.0. The lowest BCUT2D eigenvalue weighted by molar-refractivity contribution is -0.156. The van der Waals surface area contributed by atoms with Crippen molar-refractivity contribution in [3.05, 3.63) is 35.6 Å². The molecule has 1 aromatic carbocycles. The average Bonchev–Trinajstić information content (AvgIpc) is 2.35. The molecular weight excluding hydrogens is 295 g/mol. The highest BCUT2D eigenvalue weighted by Crippen LogP contribution is 2.21. The zero-order valence-corrected chi connectivity index (χ0v) is 14.2. The van der Waals surface area contributed by atoms with Gasteiger partial charge in [-0.1, -0.05) is 12.1 Å². The molecule has 1 saturated heterocycles. The van der Waals surface area contributed by atoms with Crippen molar-refractivity contribution in [2.75, 3.05) is 19.6 Å². The second-order valence-electron chi connectivity index (χ2n) is 7.48. The second kappa shape index (κ2) is 7.41. The quantitative estimate of drug-likeness (QED) is 0.865. The summed E-state index contributed by atoms with van der Waals surface area (Å²) in [5.41, 5.74) is 6.63. The number of piperidine rings is 1. The normalized spacial score (nSPS) is 22.8. The van der Waals surface area contributed by atoms with E-state index in [1.165, 1.54) is 6.07 Å². The maximum Gasteiger partial charge on any atom is 0.320 e. The topological polar surface area (TPSA) is 55.6 Å². The van der Waals surface area contributed by atoms with Gasteiger partial charge in [-0.2, -0.15) is 0 Å². The van der Waals surface area contributed by atoms with E-state index in [1.807, 2.05) is 31.7 Å². The van der Waals surface area contributed by atoms with Crippen molar-refractivity contribution in [3.8, 4) is 0 Å². The molecule has 0 spiro atoms. The van der Waals surface area contributed by atoms with Gasteiger partial charge in [0.05, 0.1) is 6.54 Å². The number of nitrogens with two attached hydrogens (primary N) is 1. The van der Waals surface area contributed by atoms with E-state index in [4.69, 9.17) is 10.5 Å². The maximum atomic E-state index is 13.3. The number of likely N-dealkylation sites (tertiary alicyclic amines) is 1. The summed E-state index contributed by atoms with van der Waals surface area (Å²) in [7, 11) is 0. The number of ether oxygens (including phenoxy) is 1. The number of halogens is 1. The number of carbonyl (C=O) groups excluding carboxylic acids is 1. The summed E-state index contributed by atoms with van der Waals surface area (Å²) in [6.07, 6.45) is 1.66. The molecule has 0 aromatic heterocycles. The lowest BCUT2D eigenvalue weighted by atomic mass is 9.89. The number of nitrogens with zero attached hydrogens (tertiary/aromatic N) is 1. The van der Waals surface area contributed by atoms with Crippen LogP contribution in [0.25, 0.3) is 0 Å². The number of carbonyl (C=O) groups is 1. The fraction of sp³-hybridized carbons (Fsp3) is 0.611. The van der Waals surface area contributed by atoms with Crippen molar-refractivity contribution in [2.24, 2.45) is 11.7 Å². The van der Waals surface area contributed by atoms with E-state index in [9.17, 15) is 9.18 Å². The Labute approximate surface area is 137 Å². The third kappa shape index (κ3) is 6.28. The Hall–Kier alpha value is -1.46. The van der Waals surface area contributed by atoms with Gasteiger partial charge in [-0.25, -0.2) is 4.39 Å². The first-order chi connectivity index (χ1) is 10.7. The molecule has 23 heavy (non-hydrogen) atoms. The molecule has 4 nitrogen and oxygen atoms in total. The molecular formula is C18H27FN2O2. The number of esters is 1. The summed E-state index contributed by atoms with van der Waals surface area (Å²) in [4.78, 5) is 14.0. The molecule has 0 saturated carbocycles. The number of benzene rings is 1. The minimum atomic E-state index is -0.476. The van der Waals surface area contributed by atoms with E-state index < -0.39 is 5.60 Å². The summed E-state index contributed by atoms with van der Waals surface area (Å²) in [6, 6.07) is 6.71.